The smallest absolute Gasteiger partial charge is 0.255 e. The summed E-state index contributed by atoms with van der Waals surface area (Å²) in [5.41, 5.74) is 2.56. The molecule has 0 spiro atoms. The minimum absolute atomic E-state index is 0.0705. The number of anilines is 1. The van der Waals surface area contributed by atoms with E-state index >= 15 is 0 Å². The van der Waals surface area contributed by atoms with Crippen molar-refractivity contribution in [1.29, 1.82) is 0 Å². The van der Waals surface area contributed by atoms with E-state index in [1.807, 2.05) is 31.2 Å². The van der Waals surface area contributed by atoms with Gasteiger partial charge < -0.3 is 15.3 Å². The van der Waals surface area contributed by atoms with E-state index in [0.717, 1.165) is 18.4 Å². The van der Waals surface area contributed by atoms with Crippen molar-refractivity contribution in [3.05, 3.63) is 65.2 Å². The molecule has 0 aliphatic rings. The lowest BCUT2D eigenvalue weighted by Crippen LogP contribution is -2.34. The third kappa shape index (κ3) is 5.17. The number of unbranched alkanes of at least 4 members (excludes halogenated alkanes) is 1. The number of carbonyl (C=O) groups is 2. The number of carbonyl (C=O) groups excluding carboxylic acids is 2. The van der Waals surface area contributed by atoms with Gasteiger partial charge in [0.25, 0.3) is 11.8 Å². The highest BCUT2D eigenvalue weighted by Gasteiger charge is 2.17. The number of benzene rings is 2. The average molecular weight is 354 g/mol. The van der Waals surface area contributed by atoms with Gasteiger partial charge in [0.15, 0.2) is 0 Å². The van der Waals surface area contributed by atoms with E-state index in [0.29, 0.717) is 29.9 Å². The quantitative estimate of drug-likeness (QED) is 0.762. The molecule has 2 N–H and O–H groups in total. The van der Waals surface area contributed by atoms with Gasteiger partial charge in [0.2, 0.25) is 0 Å². The summed E-state index contributed by atoms with van der Waals surface area (Å²) in [6, 6.07) is 14.2. The van der Waals surface area contributed by atoms with Crippen LogP contribution < -0.4 is 5.32 Å². The third-order valence-corrected chi connectivity index (χ3v) is 4.21. The van der Waals surface area contributed by atoms with Crippen LogP contribution in [0.3, 0.4) is 0 Å². The summed E-state index contributed by atoms with van der Waals surface area (Å²) in [5, 5.41) is 12.1. The molecule has 0 fully saturated rings. The monoisotopic (exact) mass is 354 g/mol. The number of aliphatic hydroxyl groups excluding tert-OH is 1. The SMILES string of the molecule is CCCCN(CCO)C(=O)c1ccc(C)c(NC(=O)c2ccccc2)c1. The average Bonchev–Trinajstić information content (AvgIpc) is 2.67. The van der Waals surface area contributed by atoms with Crippen LogP contribution in [0.5, 0.6) is 0 Å². The molecular formula is C21H26N2O3. The molecule has 2 rings (SSSR count). The molecule has 0 aliphatic carbocycles. The Morgan fingerprint density at radius 3 is 2.42 bits per heavy atom. The van der Waals surface area contributed by atoms with E-state index in [9.17, 15) is 14.7 Å². The summed E-state index contributed by atoms with van der Waals surface area (Å²) in [5.74, 6) is -0.348. The molecule has 0 bridgehead atoms. The zero-order chi connectivity index (χ0) is 18.9. The van der Waals surface area contributed by atoms with Crippen molar-refractivity contribution in [2.24, 2.45) is 0 Å². The van der Waals surface area contributed by atoms with Crippen molar-refractivity contribution in [2.45, 2.75) is 26.7 Å². The van der Waals surface area contributed by atoms with Crippen LogP contribution >= 0.6 is 0 Å². The molecule has 138 valence electrons. The molecule has 26 heavy (non-hydrogen) atoms. The first-order chi connectivity index (χ1) is 12.6. The van der Waals surface area contributed by atoms with E-state index in [1.165, 1.54) is 0 Å². The fraction of sp³-hybridized carbons (Fsp3) is 0.333. The van der Waals surface area contributed by atoms with Crippen LogP contribution in [0.2, 0.25) is 0 Å². The Labute approximate surface area is 154 Å². The van der Waals surface area contributed by atoms with E-state index in [-0.39, 0.29) is 18.4 Å². The van der Waals surface area contributed by atoms with E-state index in [4.69, 9.17) is 0 Å². The number of rotatable bonds is 8. The lowest BCUT2D eigenvalue weighted by atomic mass is 10.1. The van der Waals surface area contributed by atoms with Crippen molar-refractivity contribution >= 4 is 17.5 Å². The van der Waals surface area contributed by atoms with Gasteiger partial charge in [-0.05, 0) is 43.2 Å². The van der Waals surface area contributed by atoms with Crippen LogP contribution in [0.15, 0.2) is 48.5 Å². The van der Waals surface area contributed by atoms with Gasteiger partial charge in [-0.1, -0.05) is 37.6 Å². The number of hydrogen-bond acceptors (Lipinski definition) is 3. The Morgan fingerprint density at radius 1 is 1.04 bits per heavy atom. The minimum atomic E-state index is -0.212. The topological polar surface area (TPSA) is 69.6 Å². The standard InChI is InChI=1S/C21H26N2O3/c1-3-4-12-23(13-14-24)21(26)18-11-10-16(2)19(15-18)22-20(25)17-8-6-5-7-9-17/h5-11,15,24H,3-4,12-14H2,1-2H3,(H,22,25). The summed E-state index contributed by atoms with van der Waals surface area (Å²) < 4.78 is 0. The molecule has 0 radical (unpaired) electrons. The Morgan fingerprint density at radius 2 is 1.77 bits per heavy atom. The Bertz CT molecular complexity index is 744. The first-order valence-electron chi connectivity index (χ1n) is 8.94. The van der Waals surface area contributed by atoms with Gasteiger partial charge in [-0.3, -0.25) is 9.59 Å². The van der Waals surface area contributed by atoms with Crippen molar-refractivity contribution in [3.63, 3.8) is 0 Å². The first kappa shape index (κ1) is 19.7. The second-order valence-corrected chi connectivity index (χ2v) is 6.22. The predicted molar refractivity (Wildman–Crippen MR) is 103 cm³/mol. The van der Waals surface area contributed by atoms with E-state index in [2.05, 4.69) is 12.2 Å². The maximum absolute atomic E-state index is 12.8. The van der Waals surface area contributed by atoms with E-state index < -0.39 is 0 Å². The maximum Gasteiger partial charge on any atom is 0.255 e. The highest BCUT2D eigenvalue weighted by Crippen LogP contribution is 2.19. The highest BCUT2D eigenvalue weighted by molar-refractivity contribution is 6.05. The molecule has 0 saturated heterocycles. The molecule has 2 aromatic rings. The molecule has 0 saturated carbocycles. The molecule has 0 unspecified atom stereocenters. The van der Waals surface area contributed by atoms with Crippen molar-refractivity contribution in [2.75, 3.05) is 25.0 Å². The Hall–Kier alpha value is -2.66. The fourth-order valence-electron chi connectivity index (χ4n) is 2.64. The summed E-state index contributed by atoms with van der Waals surface area (Å²) in [6.45, 7) is 4.79. The third-order valence-electron chi connectivity index (χ3n) is 4.21. The predicted octanol–water partition coefficient (Wildman–Crippen LogP) is 3.48. The lowest BCUT2D eigenvalue weighted by molar-refractivity contribution is 0.0719. The zero-order valence-corrected chi connectivity index (χ0v) is 15.4. The normalized spacial score (nSPS) is 10.4. The van der Waals surface area contributed by atoms with Gasteiger partial charge in [-0.2, -0.15) is 0 Å². The van der Waals surface area contributed by atoms with Gasteiger partial charge in [-0.25, -0.2) is 0 Å². The van der Waals surface area contributed by atoms with Gasteiger partial charge in [-0.15, -0.1) is 0 Å². The van der Waals surface area contributed by atoms with Crippen LogP contribution in [0.25, 0.3) is 0 Å². The number of nitrogens with zero attached hydrogens (tertiary/aromatic N) is 1. The van der Waals surface area contributed by atoms with Crippen molar-refractivity contribution in [1.82, 2.24) is 4.90 Å². The van der Waals surface area contributed by atoms with E-state index in [1.54, 1.807) is 29.2 Å². The molecule has 0 atom stereocenters. The summed E-state index contributed by atoms with van der Waals surface area (Å²) in [4.78, 5) is 26.8. The molecule has 5 heteroatoms. The summed E-state index contributed by atoms with van der Waals surface area (Å²) >= 11 is 0. The molecular weight excluding hydrogens is 328 g/mol. The highest BCUT2D eigenvalue weighted by atomic mass is 16.3. The fourth-order valence-corrected chi connectivity index (χ4v) is 2.64. The van der Waals surface area contributed by atoms with Gasteiger partial charge in [0.05, 0.1) is 6.61 Å². The zero-order valence-electron chi connectivity index (χ0n) is 15.4. The van der Waals surface area contributed by atoms with Crippen LogP contribution in [0.1, 0.15) is 46.0 Å². The second-order valence-electron chi connectivity index (χ2n) is 6.22. The van der Waals surface area contributed by atoms with Gasteiger partial charge in [0, 0.05) is 29.9 Å². The lowest BCUT2D eigenvalue weighted by Gasteiger charge is -2.22. The number of aliphatic hydroxyl groups is 1. The van der Waals surface area contributed by atoms with Crippen LogP contribution in [0, 0.1) is 6.92 Å². The molecule has 0 aliphatic heterocycles. The summed E-state index contributed by atoms with van der Waals surface area (Å²) in [7, 11) is 0. The van der Waals surface area contributed by atoms with Gasteiger partial charge in [0.1, 0.15) is 0 Å². The maximum atomic E-state index is 12.8. The number of amides is 2. The van der Waals surface area contributed by atoms with Crippen molar-refractivity contribution in [3.8, 4) is 0 Å². The van der Waals surface area contributed by atoms with Crippen LogP contribution in [-0.2, 0) is 0 Å². The molecule has 2 amide bonds. The summed E-state index contributed by atoms with van der Waals surface area (Å²) in [6.07, 6.45) is 1.86. The van der Waals surface area contributed by atoms with Crippen molar-refractivity contribution < 1.29 is 14.7 Å². The molecule has 2 aromatic carbocycles. The molecule has 5 nitrogen and oxygen atoms in total. The molecule has 0 aromatic heterocycles. The van der Waals surface area contributed by atoms with Crippen LogP contribution in [-0.4, -0.2) is 41.5 Å². The Balaban J connectivity index is 2.20. The Kier molecular flexibility index (Phi) is 7.36. The first-order valence-corrected chi connectivity index (χ1v) is 8.94. The number of nitrogens with one attached hydrogen (secondary N) is 1. The molecule has 0 heterocycles. The number of hydrogen-bond donors (Lipinski definition) is 2. The second kappa shape index (κ2) is 9.73. The number of aryl methyl sites for hydroxylation is 1. The van der Waals surface area contributed by atoms with Crippen LogP contribution in [0.4, 0.5) is 5.69 Å². The van der Waals surface area contributed by atoms with Gasteiger partial charge >= 0.3 is 0 Å². The largest absolute Gasteiger partial charge is 0.395 e. The minimum Gasteiger partial charge on any atom is -0.395 e.